The monoisotopic (exact) mass is 255 g/mol. The molecule has 6 heteroatoms. The van der Waals surface area contributed by atoms with Crippen LogP contribution in [0.25, 0.3) is 0 Å². The summed E-state index contributed by atoms with van der Waals surface area (Å²) in [7, 11) is -3.35. The first kappa shape index (κ1) is 12.5. The van der Waals surface area contributed by atoms with Crippen molar-refractivity contribution in [2.45, 2.75) is 24.6 Å². The van der Waals surface area contributed by atoms with Gasteiger partial charge in [-0.15, -0.1) is 0 Å². The van der Waals surface area contributed by atoms with Crippen molar-refractivity contribution in [3.05, 3.63) is 30.1 Å². The molecule has 94 valence electrons. The molecule has 1 aliphatic heterocycles. The SMILES string of the molecule is C[C@@H](c1ccccn1)S(=O)(=O)N[C@H]1CCNC1. The summed E-state index contributed by atoms with van der Waals surface area (Å²) < 4.78 is 26.9. The number of hydrogen-bond acceptors (Lipinski definition) is 4. The Hall–Kier alpha value is -0.980. The first-order valence-electron chi connectivity index (χ1n) is 5.72. The zero-order chi connectivity index (χ0) is 12.3. The predicted octanol–water partition coefficient (Wildman–Crippen LogP) is 0.424. The number of nitrogens with zero attached hydrogens (tertiary/aromatic N) is 1. The van der Waals surface area contributed by atoms with E-state index in [9.17, 15) is 8.42 Å². The average molecular weight is 255 g/mol. The number of rotatable bonds is 4. The minimum absolute atomic E-state index is 0.00571. The molecule has 0 saturated carbocycles. The van der Waals surface area contributed by atoms with E-state index in [0.717, 1.165) is 13.0 Å². The van der Waals surface area contributed by atoms with Crippen molar-refractivity contribution in [1.82, 2.24) is 15.0 Å². The fourth-order valence-electron chi connectivity index (χ4n) is 1.87. The Morgan fingerprint density at radius 3 is 2.94 bits per heavy atom. The number of nitrogens with one attached hydrogen (secondary N) is 2. The number of pyridine rings is 1. The molecule has 1 fully saturated rings. The van der Waals surface area contributed by atoms with Crippen LogP contribution in [0.15, 0.2) is 24.4 Å². The molecule has 5 nitrogen and oxygen atoms in total. The quantitative estimate of drug-likeness (QED) is 0.818. The molecule has 17 heavy (non-hydrogen) atoms. The van der Waals surface area contributed by atoms with Gasteiger partial charge in [-0.2, -0.15) is 0 Å². The van der Waals surface area contributed by atoms with E-state index in [1.807, 2.05) is 0 Å². The third-order valence-electron chi connectivity index (χ3n) is 2.96. The van der Waals surface area contributed by atoms with Crippen LogP contribution in [-0.4, -0.2) is 32.5 Å². The zero-order valence-electron chi connectivity index (χ0n) is 9.76. The van der Waals surface area contributed by atoms with Crippen LogP contribution in [-0.2, 0) is 10.0 Å². The van der Waals surface area contributed by atoms with E-state index in [4.69, 9.17) is 0 Å². The van der Waals surface area contributed by atoms with E-state index in [1.54, 1.807) is 31.3 Å². The molecule has 1 saturated heterocycles. The first-order valence-corrected chi connectivity index (χ1v) is 7.27. The lowest BCUT2D eigenvalue weighted by molar-refractivity contribution is 0.549. The number of hydrogen-bond donors (Lipinski definition) is 2. The molecular weight excluding hydrogens is 238 g/mol. The maximum Gasteiger partial charge on any atom is 0.220 e. The van der Waals surface area contributed by atoms with Gasteiger partial charge in [0.15, 0.2) is 0 Å². The molecule has 1 aromatic rings. The van der Waals surface area contributed by atoms with Gasteiger partial charge in [-0.1, -0.05) is 6.07 Å². The minimum atomic E-state index is -3.35. The highest BCUT2D eigenvalue weighted by atomic mass is 32.2. The molecule has 0 bridgehead atoms. The van der Waals surface area contributed by atoms with E-state index in [-0.39, 0.29) is 6.04 Å². The van der Waals surface area contributed by atoms with Crippen molar-refractivity contribution >= 4 is 10.0 Å². The molecular formula is C11H17N3O2S. The molecule has 0 aromatic carbocycles. The molecule has 0 amide bonds. The summed E-state index contributed by atoms with van der Waals surface area (Å²) in [6, 6.07) is 5.31. The van der Waals surface area contributed by atoms with E-state index in [2.05, 4.69) is 15.0 Å². The van der Waals surface area contributed by atoms with Crippen LogP contribution < -0.4 is 10.0 Å². The van der Waals surface area contributed by atoms with Gasteiger partial charge in [0.1, 0.15) is 5.25 Å². The van der Waals surface area contributed by atoms with Gasteiger partial charge in [0.05, 0.1) is 5.69 Å². The zero-order valence-corrected chi connectivity index (χ0v) is 10.6. The smallest absolute Gasteiger partial charge is 0.220 e. The molecule has 0 unspecified atom stereocenters. The van der Waals surface area contributed by atoms with Crippen molar-refractivity contribution in [3.8, 4) is 0 Å². The van der Waals surface area contributed by atoms with Crippen molar-refractivity contribution < 1.29 is 8.42 Å². The molecule has 0 spiro atoms. The Morgan fingerprint density at radius 1 is 1.53 bits per heavy atom. The van der Waals surface area contributed by atoms with Gasteiger partial charge in [0.2, 0.25) is 10.0 Å². The summed E-state index contributed by atoms with van der Waals surface area (Å²) in [5.74, 6) is 0. The average Bonchev–Trinajstić information content (AvgIpc) is 2.81. The Kier molecular flexibility index (Phi) is 3.76. The van der Waals surface area contributed by atoms with Crippen molar-refractivity contribution in [1.29, 1.82) is 0 Å². The van der Waals surface area contributed by atoms with Crippen LogP contribution in [0, 0.1) is 0 Å². The van der Waals surface area contributed by atoms with Gasteiger partial charge in [0, 0.05) is 18.8 Å². The molecule has 1 aliphatic rings. The second-order valence-electron chi connectivity index (χ2n) is 4.25. The highest BCUT2D eigenvalue weighted by Crippen LogP contribution is 2.19. The van der Waals surface area contributed by atoms with Crippen LogP contribution in [0.4, 0.5) is 0 Å². The number of aromatic nitrogens is 1. The molecule has 2 N–H and O–H groups in total. The summed E-state index contributed by atoms with van der Waals surface area (Å²) in [5, 5.41) is 2.51. The Labute approximate surface area is 102 Å². The summed E-state index contributed by atoms with van der Waals surface area (Å²) in [4.78, 5) is 4.08. The van der Waals surface area contributed by atoms with Crippen LogP contribution in [0.1, 0.15) is 24.3 Å². The summed E-state index contributed by atoms with van der Waals surface area (Å²) in [6.07, 6.45) is 2.45. The van der Waals surface area contributed by atoms with Gasteiger partial charge in [-0.25, -0.2) is 13.1 Å². The van der Waals surface area contributed by atoms with E-state index in [1.165, 1.54) is 0 Å². The molecule has 2 atom stereocenters. The van der Waals surface area contributed by atoms with Gasteiger partial charge >= 0.3 is 0 Å². The normalized spacial score (nSPS) is 22.5. The van der Waals surface area contributed by atoms with Gasteiger partial charge in [-0.05, 0) is 32.0 Å². The van der Waals surface area contributed by atoms with Crippen molar-refractivity contribution in [2.75, 3.05) is 13.1 Å². The van der Waals surface area contributed by atoms with E-state index in [0.29, 0.717) is 12.2 Å². The van der Waals surface area contributed by atoms with Crippen molar-refractivity contribution in [3.63, 3.8) is 0 Å². The molecule has 2 rings (SSSR count). The molecule has 1 aromatic heterocycles. The van der Waals surface area contributed by atoms with Gasteiger partial charge in [-0.3, -0.25) is 4.98 Å². The fraction of sp³-hybridized carbons (Fsp3) is 0.545. The fourth-order valence-corrected chi connectivity index (χ4v) is 3.19. The maximum atomic E-state index is 12.1. The second-order valence-corrected chi connectivity index (χ2v) is 6.28. The summed E-state index contributed by atoms with van der Waals surface area (Å²) in [6.45, 7) is 3.23. The van der Waals surface area contributed by atoms with Gasteiger partial charge < -0.3 is 5.32 Å². The third-order valence-corrected chi connectivity index (χ3v) is 4.80. The van der Waals surface area contributed by atoms with E-state index < -0.39 is 15.3 Å². The standard InChI is InChI=1S/C11H17N3O2S/c1-9(11-4-2-3-6-13-11)17(15,16)14-10-5-7-12-8-10/h2-4,6,9-10,12,14H,5,7-8H2,1H3/t9-,10-/m0/s1. The lowest BCUT2D eigenvalue weighted by atomic mass is 10.3. The Bertz CT molecular complexity index is 455. The second kappa shape index (κ2) is 5.12. The highest BCUT2D eigenvalue weighted by Gasteiger charge is 2.27. The number of sulfonamides is 1. The van der Waals surface area contributed by atoms with Crippen LogP contribution in [0.3, 0.4) is 0 Å². The Morgan fingerprint density at radius 2 is 2.35 bits per heavy atom. The van der Waals surface area contributed by atoms with Gasteiger partial charge in [0.25, 0.3) is 0 Å². The maximum absolute atomic E-state index is 12.1. The Balaban J connectivity index is 2.09. The predicted molar refractivity (Wildman–Crippen MR) is 66.0 cm³/mol. The van der Waals surface area contributed by atoms with Crippen LogP contribution in [0.2, 0.25) is 0 Å². The van der Waals surface area contributed by atoms with Crippen LogP contribution >= 0.6 is 0 Å². The molecule has 2 heterocycles. The van der Waals surface area contributed by atoms with E-state index >= 15 is 0 Å². The first-order chi connectivity index (χ1) is 8.09. The van der Waals surface area contributed by atoms with Crippen LogP contribution in [0.5, 0.6) is 0 Å². The largest absolute Gasteiger partial charge is 0.315 e. The summed E-state index contributed by atoms with van der Waals surface area (Å²) in [5.41, 5.74) is 0.575. The topological polar surface area (TPSA) is 71.1 Å². The summed E-state index contributed by atoms with van der Waals surface area (Å²) >= 11 is 0. The molecule has 0 aliphatic carbocycles. The highest BCUT2D eigenvalue weighted by molar-refractivity contribution is 7.89. The lowest BCUT2D eigenvalue weighted by Gasteiger charge is -2.16. The minimum Gasteiger partial charge on any atom is -0.315 e. The van der Waals surface area contributed by atoms with Crippen molar-refractivity contribution in [2.24, 2.45) is 0 Å². The molecule has 0 radical (unpaired) electrons. The lowest BCUT2D eigenvalue weighted by Crippen LogP contribution is -2.38. The third kappa shape index (κ3) is 3.02.